The number of nitrogens with zero attached hydrogens (tertiary/aromatic N) is 2. The lowest BCUT2D eigenvalue weighted by molar-refractivity contribution is -0.145. The lowest BCUT2D eigenvalue weighted by atomic mass is 10.1. The molecule has 4 rings (SSSR count). The van der Waals surface area contributed by atoms with E-state index in [4.69, 9.17) is 37.4 Å². The average molecular weight is 587 g/mol. The van der Waals surface area contributed by atoms with Crippen LogP contribution in [0.1, 0.15) is 36.0 Å². The number of hydrogen-bond donors (Lipinski definition) is 1. The third-order valence-electron chi connectivity index (χ3n) is 6.55. The van der Waals surface area contributed by atoms with E-state index in [0.29, 0.717) is 13.1 Å². The highest BCUT2D eigenvalue weighted by Gasteiger charge is 2.40. The van der Waals surface area contributed by atoms with Crippen LogP contribution in [0.3, 0.4) is 0 Å². The first kappa shape index (κ1) is 28.4. The lowest BCUT2D eigenvalue weighted by Crippen LogP contribution is -2.41. The number of piperidine rings is 1. The van der Waals surface area contributed by atoms with Crippen LogP contribution in [0.5, 0.6) is 17.2 Å². The van der Waals surface area contributed by atoms with Gasteiger partial charge < -0.3 is 24.2 Å². The van der Waals surface area contributed by atoms with E-state index < -0.39 is 34.0 Å². The molecule has 0 saturated carbocycles. The van der Waals surface area contributed by atoms with Crippen LogP contribution in [-0.2, 0) is 19.6 Å². The molecule has 206 valence electrons. The molecule has 1 amide bonds. The summed E-state index contributed by atoms with van der Waals surface area (Å²) in [6.45, 7) is 0.801. The molecule has 2 saturated heterocycles. The van der Waals surface area contributed by atoms with E-state index in [9.17, 15) is 23.1 Å². The minimum Gasteiger partial charge on any atom is -0.495 e. The second-order valence-corrected chi connectivity index (χ2v) is 11.8. The third kappa shape index (κ3) is 5.72. The quantitative estimate of drug-likeness (QED) is 0.487. The van der Waals surface area contributed by atoms with Crippen molar-refractivity contribution in [2.45, 2.75) is 42.7 Å². The van der Waals surface area contributed by atoms with Gasteiger partial charge in [0.1, 0.15) is 22.4 Å². The van der Waals surface area contributed by atoms with Crippen molar-refractivity contribution in [3.8, 4) is 17.2 Å². The topological polar surface area (TPSA) is 123 Å². The molecule has 1 N–H and O–H groups in total. The summed E-state index contributed by atoms with van der Waals surface area (Å²) in [6, 6.07) is 6.08. The molecule has 0 unspecified atom stereocenters. The minimum absolute atomic E-state index is 0.00790. The summed E-state index contributed by atoms with van der Waals surface area (Å²) in [4.78, 5) is 26.4. The Balaban J connectivity index is 1.61. The number of aliphatic hydroxyl groups excluding tert-OH is 1. The van der Waals surface area contributed by atoms with Crippen LogP contribution in [0.2, 0.25) is 10.0 Å². The average Bonchev–Trinajstić information content (AvgIpc) is 3.31. The predicted molar refractivity (Wildman–Crippen MR) is 140 cm³/mol. The number of β-amino-alcohol motifs (C(OH)–C–C–N with tert-alkyl or cyclic N) is 1. The SMILES string of the molecule is COC(=O)[C@@H]1C[C@@H](O)CN1C(=O)c1cc(Cl)c(Oc2ccc(OC)c(S(=O)(=O)N3CCCCC3)c2)c(Cl)c1. The van der Waals surface area contributed by atoms with E-state index in [2.05, 4.69) is 0 Å². The third-order valence-corrected chi connectivity index (χ3v) is 9.03. The van der Waals surface area contributed by atoms with Gasteiger partial charge in [-0.3, -0.25) is 4.79 Å². The van der Waals surface area contributed by atoms with Crippen LogP contribution in [0, 0.1) is 0 Å². The number of aliphatic hydroxyl groups is 1. The number of esters is 1. The highest BCUT2D eigenvalue weighted by atomic mass is 35.5. The van der Waals surface area contributed by atoms with Crippen molar-refractivity contribution in [2.75, 3.05) is 33.9 Å². The van der Waals surface area contributed by atoms with E-state index in [1.807, 2.05) is 0 Å². The van der Waals surface area contributed by atoms with Crippen LogP contribution < -0.4 is 9.47 Å². The summed E-state index contributed by atoms with van der Waals surface area (Å²) in [5.41, 5.74) is 0.0819. The first-order chi connectivity index (χ1) is 18.1. The van der Waals surface area contributed by atoms with Crippen molar-refractivity contribution in [1.82, 2.24) is 9.21 Å². The van der Waals surface area contributed by atoms with Crippen LogP contribution in [0.25, 0.3) is 0 Å². The molecule has 10 nitrogen and oxygen atoms in total. The Kier molecular flexibility index (Phi) is 8.73. The molecule has 2 fully saturated rings. The Morgan fingerprint density at radius 2 is 1.68 bits per heavy atom. The number of carbonyl (C=O) groups excluding carboxylic acids is 2. The zero-order valence-electron chi connectivity index (χ0n) is 20.9. The summed E-state index contributed by atoms with van der Waals surface area (Å²) in [5, 5.41) is 9.98. The molecule has 2 aliphatic rings. The van der Waals surface area contributed by atoms with Gasteiger partial charge in [0, 0.05) is 37.7 Å². The number of carbonyl (C=O) groups is 2. The molecule has 2 heterocycles. The van der Waals surface area contributed by atoms with E-state index in [0.717, 1.165) is 19.3 Å². The summed E-state index contributed by atoms with van der Waals surface area (Å²) in [7, 11) is -1.24. The van der Waals surface area contributed by atoms with Gasteiger partial charge >= 0.3 is 5.97 Å². The molecule has 0 spiro atoms. The Labute approximate surface area is 231 Å². The van der Waals surface area contributed by atoms with Crippen molar-refractivity contribution in [3.05, 3.63) is 45.9 Å². The second kappa shape index (κ2) is 11.7. The van der Waals surface area contributed by atoms with Gasteiger partial charge in [-0.1, -0.05) is 29.6 Å². The molecule has 0 radical (unpaired) electrons. The second-order valence-electron chi connectivity index (χ2n) is 9.03. The van der Waals surface area contributed by atoms with Gasteiger partial charge in [-0.25, -0.2) is 13.2 Å². The van der Waals surface area contributed by atoms with E-state index in [-0.39, 0.29) is 50.7 Å². The fraction of sp³-hybridized carbons (Fsp3) is 0.440. The van der Waals surface area contributed by atoms with Gasteiger partial charge in [-0.05, 0) is 37.1 Å². The van der Waals surface area contributed by atoms with Gasteiger partial charge in [-0.15, -0.1) is 0 Å². The first-order valence-electron chi connectivity index (χ1n) is 12.0. The standard InChI is InChI=1S/C25H28Cl2N2O8S/c1-35-21-7-6-17(13-22(21)38(33,34)28-8-4-3-5-9-28)37-23-18(26)10-15(11-19(23)27)24(31)29-14-16(30)12-20(29)25(32)36-2/h6-7,10-11,13,16,20,30H,3-5,8-9,12,14H2,1-2H3/t16-,20+/m1/s1. The Hall–Kier alpha value is -2.57. The summed E-state index contributed by atoms with van der Waals surface area (Å²) >= 11 is 12.9. The number of benzene rings is 2. The molecule has 38 heavy (non-hydrogen) atoms. The monoisotopic (exact) mass is 586 g/mol. The molecular formula is C25H28Cl2N2O8S. The van der Waals surface area contributed by atoms with Crippen LogP contribution in [0.4, 0.5) is 0 Å². The van der Waals surface area contributed by atoms with Crippen LogP contribution in [0.15, 0.2) is 35.2 Å². The van der Waals surface area contributed by atoms with Gasteiger partial charge in [0.25, 0.3) is 5.91 Å². The van der Waals surface area contributed by atoms with Gasteiger partial charge in [0.2, 0.25) is 10.0 Å². The summed E-state index contributed by atoms with van der Waals surface area (Å²) < 4.78 is 44.0. The zero-order valence-corrected chi connectivity index (χ0v) is 23.2. The Bertz CT molecular complexity index is 1310. The summed E-state index contributed by atoms with van der Waals surface area (Å²) in [6.07, 6.45) is 1.72. The number of hydrogen-bond acceptors (Lipinski definition) is 8. The number of halogens is 2. The smallest absolute Gasteiger partial charge is 0.328 e. The predicted octanol–water partition coefficient (Wildman–Crippen LogP) is 3.72. The van der Waals surface area contributed by atoms with Crippen LogP contribution >= 0.6 is 23.2 Å². The molecule has 0 bridgehead atoms. The maximum atomic E-state index is 13.3. The van der Waals surface area contributed by atoms with Gasteiger partial charge in [0.05, 0.1) is 30.4 Å². The highest BCUT2D eigenvalue weighted by molar-refractivity contribution is 7.89. The maximum Gasteiger partial charge on any atom is 0.328 e. The Morgan fingerprint density at radius 1 is 1.03 bits per heavy atom. The fourth-order valence-corrected chi connectivity index (χ4v) is 6.88. The van der Waals surface area contributed by atoms with Crippen molar-refractivity contribution < 1.29 is 37.3 Å². The summed E-state index contributed by atoms with van der Waals surface area (Å²) in [5.74, 6) is -0.859. The Morgan fingerprint density at radius 3 is 2.29 bits per heavy atom. The number of likely N-dealkylation sites (tertiary alicyclic amines) is 1. The number of sulfonamides is 1. The molecule has 2 aromatic rings. The minimum atomic E-state index is -3.83. The van der Waals surface area contributed by atoms with Crippen molar-refractivity contribution in [3.63, 3.8) is 0 Å². The van der Waals surface area contributed by atoms with Crippen molar-refractivity contribution in [1.29, 1.82) is 0 Å². The highest BCUT2D eigenvalue weighted by Crippen LogP contribution is 2.40. The number of methoxy groups -OCH3 is 2. The largest absolute Gasteiger partial charge is 0.495 e. The lowest BCUT2D eigenvalue weighted by Gasteiger charge is -2.26. The first-order valence-corrected chi connectivity index (χ1v) is 14.2. The number of ether oxygens (including phenoxy) is 3. The fourth-order valence-electron chi connectivity index (χ4n) is 4.63. The maximum absolute atomic E-state index is 13.3. The zero-order chi connectivity index (χ0) is 27.6. The molecule has 13 heteroatoms. The van der Waals surface area contributed by atoms with Crippen molar-refractivity contribution in [2.24, 2.45) is 0 Å². The number of amides is 1. The number of rotatable bonds is 7. The molecule has 2 aromatic carbocycles. The molecule has 2 atom stereocenters. The molecule has 0 aliphatic carbocycles. The molecule has 2 aliphatic heterocycles. The van der Waals surface area contributed by atoms with E-state index >= 15 is 0 Å². The molecular weight excluding hydrogens is 559 g/mol. The van der Waals surface area contributed by atoms with Crippen molar-refractivity contribution >= 4 is 45.1 Å². The van der Waals surface area contributed by atoms with Crippen LogP contribution in [-0.4, -0.2) is 80.6 Å². The van der Waals surface area contributed by atoms with Gasteiger partial charge in [0.15, 0.2) is 5.75 Å². The van der Waals surface area contributed by atoms with Gasteiger partial charge in [-0.2, -0.15) is 4.31 Å². The van der Waals surface area contributed by atoms with E-state index in [1.165, 1.54) is 53.8 Å². The molecule has 0 aromatic heterocycles. The normalized spacial score (nSPS) is 20.3. The van der Waals surface area contributed by atoms with E-state index in [1.54, 1.807) is 0 Å².